The maximum absolute atomic E-state index is 6.11. The third-order valence-corrected chi connectivity index (χ3v) is 4.72. The molecule has 0 aromatic heterocycles. The molecule has 3 heteroatoms. The molecular weight excluding hydrogens is 262 g/mol. The first kappa shape index (κ1) is 16.4. The fraction of sp³-hybridized carbons (Fsp3) is 0.778. The van der Waals surface area contributed by atoms with Crippen LogP contribution >= 0.6 is 0 Å². The highest BCUT2D eigenvalue weighted by atomic mass is 16.5. The van der Waals surface area contributed by atoms with Crippen LogP contribution in [0.4, 0.5) is 0 Å². The summed E-state index contributed by atoms with van der Waals surface area (Å²) in [6.07, 6.45) is 11.6. The summed E-state index contributed by atoms with van der Waals surface area (Å²) in [7, 11) is 0. The molecule has 1 fully saturated rings. The van der Waals surface area contributed by atoms with Gasteiger partial charge in [-0.25, -0.2) is 0 Å². The Hall–Kier alpha value is -0.960. The van der Waals surface area contributed by atoms with E-state index >= 15 is 0 Å². The number of rotatable bonds is 7. The Morgan fingerprint density at radius 1 is 1.38 bits per heavy atom. The van der Waals surface area contributed by atoms with Crippen LogP contribution in [0.1, 0.15) is 53.4 Å². The van der Waals surface area contributed by atoms with Crippen LogP contribution in [-0.2, 0) is 9.47 Å². The van der Waals surface area contributed by atoms with Crippen LogP contribution in [0.25, 0.3) is 0 Å². The molecule has 2 rings (SSSR count). The molecule has 1 N–H and O–H groups in total. The van der Waals surface area contributed by atoms with Gasteiger partial charge in [-0.3, -0.25) is 0 Å². The van der Waals surface area contributed by atoms with Crippen molar-refractivity contribution in [3.05, 3.63) is 24.1 Å². The minimum absolute atomic E-state index is 0.0571. The number of hydrogen-bond acceptors (Lipinski definition) is 3. The first-order valence-corrected chi connectivity index (χ1v) is 8.51. The van der Waals surface area contributed by atoms with E-state index in [0.29, 0.717) is 5.92 Å². The molecule has 21 heavy (non-hydrogen) atoms. The molecule has 1 heterocycles. The molecule has 0 spiro atoms. The predicted molar refractivity (Wildman–Crippen MR) is 86.6 cm³/mol. The second-order valence-corrected chi connectivity index (χ2v) is 6.64. The Morgan fingerprint density at radius 2 is 2.19 bits per heavy atom. The van der Waals surface area contributed by atoms with E-state index in [1.54, 1.807) is 0 Å². The molecule has 1 saturated carbocycles. The Labute approximate surface area is 129 Å². The van der Waals surface area contributed by atoms with Gasteiger partial charge in [-0.1, -0.05) is 13.8 Å². The normalized spacial score (nSPS) is 30.7. The van der Waals surface area contributed by atoms with Gasteiger partial charge in [0.05, 0.1) is 5.76 Å². The molecule has 1 aliphatic heterocycles. The van der Waals surface area contributed by atoms with Gasteiger partial charge in [-0.2, -0.15) is 0 Å². The van der Waals surface area contributed by atoms with Crippen molar-refractivity contribution in [1.29, 1.82) is 0 Å². The van der Waals surface area contributed by atoms with Crippen LogP contribution in [0.15, 0.2) is 24.1 Å². The molecule has 0 radical (unpaired) electrons. The quantitative estimate of drug-likeness (QED) is 0.713. The molecule has 4 unspecified atom stereocenters. The zero-order chi connectivity index (χ0) is 15.2. The summed E-state index contributed by atoms with van der Waals surface area (Å²) < 4.78 is 11.5. The van der Waals surface area contributed by atoms with E-state index in [1.165, 1.54) is 25.0 Å². The highest BCUT2D eigenvalue weighted by Crippen LogP contribution is 2.41. The van der Waals surface area contributed by atoms with Crippen molar-refractivity contribution in [2.24, 2.45) is 17.8 Å². The van der Waals surface area contributed by atoms with E-state index in [-0.39, 0.29) is 12.3 Å². The second kappa shape index (κ2) is 7.88. The van der Waals surface area contributed by atoms with Crippen molar-refractivity contribution in [1.82, 2.24) is 5.32 Å². The number of allylic oxidation sites excluding steroid dienone is 1. The van der Waals surface area contributed by atoms with Crippen molar-refractivity contribution in [3.63, 3.8) is 0 Å². The van der Waals surface area contributed by atoms with Crippen LogP contribution in [-0.4, -0.2) is 18.9 Å². The van der Waals surface area contributed by atoms with E-state index in [1.807, 2.05) is 20.0 Å². The average molecular weight is 293 g/mol. The van der Waals surface area contributed by atoms with Gasteiger partial charge >= 0.3 is 0 Å². The van der Waals surface area contributed by atoms with Gasteiger partial charge in [-0.05, 0) is 63.3 Å². The first-order valence-electron chi connectivity index (χ1n) is 8.51. The van der Waals surface area contributed by atoms with Gasteiger partial charge in [0.2, 0.25) is 0 Å². The monoisotopic (exact) mass is 293 g/mol. The van der Waals surface area contributed by atoms with E-state index in [9.17, 15) is 0 Å². The summed E-state index contributed by atoms with van der Waals surface area (Å²) in [5.74, 6) is 3.58. The summed E-state index contributed by atoms with van der Waals surface area (Å²) in [6, 6.07) is 0. The first-order chi connectivity index (χ1) is 10.1. The molecular formula is C18H31NO2. The molecule has 1 aliphatic carbocycles. The zero-order valence-electron chi connectivity index (χ0n) is 14.0. The highest BCUT2D eigenvalue weighted by molar-refractivity contribution is 5.11. The van der Waals surface area contributed by atoms with E-state index in [0.717, 1.165) is 24.9 Å². The summed E-state index contributed by atoms with van der Waals surface area (Å²) in [5.41, 5.74) is 0. The maximum Gasteiger partial charge on any atom is 0.124 e. The van der Waals surface area contributed by atoms with E-state index in [4.69, 9.17) is 9.47 Å². The van der Waals surface area contributed by atoms with E-state index < -0.39 is 0 Å². The number of ether oxygens (including phenoxy) is 2. The minimum atomic E-state index is 0.0571. The van der Waals surface area contributed by atoms with Crippen LogP contribution in [0.2, 0.25) is 0 Å². The highest BCUT2D eigenvalue weighted by Gasteiger charge is 2.32. The summed E-state index contributed by atoms with van der Waals surface area (Å²) in [5, 5.41) is 3.21. The van der Waals surface area contributed by atoms with Crippen LogP contribution in [0, 0.1) is 17.8 Å². The van der Waals surface area contributed by atoms with Gasteiger partial charge < -0.3 is 14.8 Å². The lowest BCUT2D eigenvalue weighted by atomic mass is 9.93. The summed E-state index contributed by atoms with van der Waals surface area (Å²) in [4.78, 5) is 0. The zero-order valence-corrected chi connectivity index (χ0v) is 14.0. The molecule has 0 amide bonds. The molecule has 4 atom stereocenters. The molecule has 3 nitrogen and oxygen atoms in total. The van der Waals surface area contributed by atoms with Crippen LogP contribution < -0.4 is 5.32 Å². The molecule has 0 aromatic rings. The lowest BCUT2D eigenvalue weighted by Gasteiger charge is -2.17. The third kappa shape index (κ3) is 4.77. The smallest absolute Gasteiger partial charge is 0.124 e. The molecule has 0 aromatic carbocycles. The van der Waals surface area contributed by atoms with Gasteiger partial charge in [0.25, 0.3) is 0 Å². The van der Waals surface area contributed by atoms with Gasteiger partial charge in [0, 0.05) is 18.9 Å². The van der Waals surface area contributed by atoms with Gasteiger partial charge in [-0.15, -0.1) is 0 Å². The average Bonchev–Trinajstić information content (AvgIpc) is 3.07. The topological polar surface area (TPSA) is 30.5 Å². The van der Waals surface area contributed by atoms with Crippen molar-refractivity contribution < 1.29 is 9.47 Å². The number of hydrogen-bond donors (Lipinski definition) is 1. The van der Waals surface area contributed by atoms with Gasteiger partial charge in [0.1, 0.15) is 12.3 Å². The predicted octanol–water partition coefficient (Wildman–Crippen LogP) is 4.22. The summed E-state index contributed by atoms with van der Waals surface area (Å²) >= 11 is 0. The Kier molecular flexibility index (Phi) is 6.16. The summed E-state index contributed by atoms with van der Waals surface area (Å²) in [6.45, 7) is 9.43. The third-order valence-electron chi connectivity index (χ3n) is 4.72. The van der Waals surface area contributed by atoms with Crippen molar-refractivity contribution >= 4 is 0 Å². The van der Waals surface area contributed by atoms with E-state index in [2.05, 4.69) is 31.3 Å². The molecule has 0 bridgehead atoms. The largest absolute Gasteiger partial charge is 0.490 e. The lowest BCUT2D eigenvalue weighted by molar-refractivity contribution is 0.0616. The lowest BCUT2D eigenvalue weighted by Crippen LogP contribution is -2.24. The molecule has 120 valence electrons. The standard InChI is InChI=1S/C18H31NO2/c1-5-20-14(4)19-11-10-17-8-9-18(21-17)16-7-6-15(12-16)13(2)3/h9-11,13-17,19H,5-8,12H2,1-4H3/b11-10-. The Bertz CT molecular complexity index is 375. The fourth-order valence-electron chi connectivity index (χ4n) is 3.36. The SMILES string of the molecule is CCOC(C)N/C=C\C1CC=C(C2CCC(C(C)C)C2)O1. The molecule has 2 aliphatic rings. The van der Waals surface area contributed by atoms with Crippen molar-refractivity contribution in [3.8, 4) is 0 Å². The Balaban J connectivity index is 1.72. The van der Waals surface area contributed by atoms with Crippen LogP contribution in [0.5, 0.6) is 0 Å². The number of nitrogens with one attached hydrogen (secondary N) is 1. The second-order valence-electron chi connectivity index (χ2n) is 6.64. The fourth-order valence-corrected chi connectivity index (χ4v) is 3.36. The molecule has 0 saturated heterocycles. The van der Waals surface area contributed by atoms with Crippen LogP contribution in [0.3, 0.4) is 0 Å². The van der Waals surface area contributed by atoms with Crippen molar-refractivity contribution in [2.75, 3.05) is 6.61 Å². The Morgan fingerprint density at radius 3 is 2.86 bits per heavy atom. The minimum Gasteiger partial charge on any atom is -0.490 e. The maximum atomic E-state index is 6.11. The van der Waals surface area contributed by atoms with Crippen molar-refractivity contribution in [2.45, 2.75) is 65.7 Å². The van der Waals surface area contributed by atoms with Gasteiger partial charge in [0.15, 0.2) is 0 Å².